The molecule has 3 aromatic carbocycles. The summed E-state index contributed by atoms with van der Waals surface area (Å²) in [6.45, 7) is 1.91. The van der Waals surface area contributed by atoms with E-state index in [9.17, 15) is 19.1 Å². The van der Waals surface area contributed by atoms with E-state index in [1.807, 2.05) is 55.5 Å². The van der Waals surface area contributed by atoms with Crippen molar-refractivity contribution < 1.29 is 23.8 Å². The van der Waals surface area contributed by atoms with Crippen molar-refractivity contribution in [1.82, 2.24) is 10.3 Å². The number of aromatic nitrogens is 1. The number of carbonyl (C=O) groups excluding carboxylic acids is 1. The maximum Gasteiger partial charge on any atom is 0.309 e. The van der Waals surface area contributed by atoms with Crippen LogP contribution in [-0.4, -0.2) is 34.6 Å². The zero-order valence-electron chi connectivity index (χ0n) is 22.8. The Morgan fingerprint density at radius 2 is 1.78 bits per heavy atom. The SMILES string of the molecule is COc1ccc(F)cc1[C@@H]1CC2(C(=O)O)CCC1(NC(=O)c1c(C)c(-c3ccccc3)nc3ccc(Br)cc13)CC2. The van der Waals surface area contributed by atoms with Crippen LogP contribution in [-0.2, 0) is 4.79 Å². The van der Waals surface area contributed by atoms with E-state index in [2.05, 4.69) is 21.2 Å². The third kappa shape index (κ3) is 4.58. The smallest absolute Gasteiger partial charge is 0.309 e. The maximum atomic E-state index is 14.6. The fourth-order valence-electron chi connectivity index (χ4n) is 7.00. The number of carbonyl (C=O) groups is 2. The molecule has 0 radical (unpaired) electrons. The van der Waals surface area contributed by atoms with Gasteiger partial charge in [-0.15, -0.1) is 0 Å². The molecule has 8 heteroatoms. The Bertz CT molecular complexity index is 1680. The van der Waals surface area contributed by atoms with E-state index in [1.54, 1.807) is 6.07 Å². The molecular formula is C33H30BrFN2O4. The fraction of sp³-hybridized carbons (Fsp3) is 0.303. The number of pyridine rings is 1. The minimum Gasteiger partial charge on any atom is -0.496 e. The van der Waals surface area contributed by atoms with Crippen LogP contribution in [0.2, 0.25) is 0 Å². The lowest BCUT2D eigenvalue weighted by molar-refractivity contribution is -0.157. The van der Waals surface area contributed by atoms with E-state index < -0.39 is 28.7 Å². The first-order chi connectivity index (χ1) is 19.7. The van der Waals surface area contributed by atoms with Crippen LogP contribution in [0, 0.1) is 18.2 Å². The van der Waals surface area contributed by atoms with Crippen molar-refractivity contribution >= 4 is 38.7 Å². The Hall–Kier alpha value is -3.78. The molecule has 6 nitrogen and oxygen atoms in total. The number of benzene rings is 3. The summed E-state index contributed by atoms with van der Waals surface area (Å²) >= 11 is 3.55. The van der Waals surface area contributed by atoms with Gasteiger partial charge in [-0.25, -0.2) is 9.37 Å². The van der Waals surface area contributed by atoms with E-state index in [0.717, 1.165) is 26.7 Å². The van der Waals surface area contributed by atoms with E-state index in [0.29, 0.717) is 54.5 Å². The van der Waals surface area contributed by atoms with Crippen LogP contribution < -0.4 is 10.1 Å². The Labute approximate surface area is 246 Å². The highest BCUT2D eigenvalue weighted by molar-refractivity contribution is 9.10. The number of hydrogen-bond acceptors (Lipinski definition) is 4. The molecular weight excluding hydrogens is 587 g/mol. The minimum absolute atomic E-state index is 0.254. The summed E-state index contributed by atoms with van der Waals surface area (Å²) in [4.78, 5) is 31.8. The van der Waals surface area contributed by atoms with Gasteiger partial charge in [-0.3, -0.25) is 9.59 Å². The summed E-state index contributed by atoms with van der Waals surface area (Å²) in [6.07, 6.45) is 2.10. The van der Waals surface area contributed by atoms with E-state index in [-0.39, 0.29) is 5.91 Å². The van der Waals surface area contributed by atoms with Crippen LogP contribution in [0.5, 0.6) is 5.75 Å². The Balaban J connectivity index is 1.49. The first-order valence-electron chi connectivity index (χ1n) is 13.7. The summed E-state index contributed by atoms with van der Waals surface area (Å²) < 4.78 is 21.0. The first kappa shape index (κ1) is 27.4. The fourth-order valence-corrected chi connectivity index (χ4v) is 7.36. The first-order valence-corrected chi connectivity index (χ1v) is 14.5. The normalized spacial score (nSPS) is 23.4. The molecule has 1 amide bonds. The molecule has 3 aliphatic carbocycles. The molecule has 0 aliphatic heterocycles. The number of aliphatic carboxylic acids is 1. The third-order valence-corrected chi connectivity index (χ3v) is 9.70. The summed E-state index contributed by atoms with van der Waals surface area (Å²) in [5.41, 5.74) is 2.50. The monoisotopic (exact) mass is 616 g/mol. The molecule has 1 atom stereocenters. The van der Waals surface area contributed by atoms with Gasteiger partial charge in [0.05, 0.1) is 29.3 Å². The standard InChI is InChI=1S/C33H30BrFN2O4/c1-19-28(24-16-21(34)8-10-26(24)36-29(19)20-6-4-3-5-7-20)30(38)37-33-14-12-32(13-15-33,31(39)40)18-25(33)23-17-22(35)9-11-27(23)41-2/h3-11,16-17,25H,12-15,18H2,1-2H3,(H,37,38)(H,39,40)/t25-,32?,33?/m0/s1. The molecule has 0 spiro atoms. The molecule has 2 bridgehead atoms. The van der Waals surface area contributed by atoms with Crippen LogP contribution in [0.25, 0.3) is 22.2 Å². The van der Waals surface area contributed by atoms with Gasteiger partial charge >= 0.3 is 5.97 Å². The topological polar surface area (TPSA) is 88.5 Å². The number of carboxylic acids is 1. The Kier molecular flexibility index (Phi) is 6.85. The number of ether oxygens (including phenoxy) is 1. The molecule has 1 aromatic heterocycles. The van der Waals surface area contributed by atoms with Gasteiger partial charge in [0.15, 0.2) is 0 Å². The second-order valence-corrected chi connectivity index (χ2v) is 12.2. The minimum atomic E-state index is -0.918. The predicted molar refractivity (Wildman–Crippen MR) is 159 cm³/mol. The molecule has 210 valence electrons. The van der Waals surface area contributed by atoms with Crippen LogP contribution >= 0.6 is 15.9 Å². The Morgan fingerprint density at radius 1 is 1.05 bits per heavy atom. The van der Waals surface area contributed by atoms with Crippen LogP contribution in [0.1, 0.15) is 59.5 Å². The van der Waals surface area contributed by atoms with Crippen LogP contribution in [0.4, 0.5) is 4.39 Å². The number of halogens is 2. The zero-order valence-corrected chi connectivity index (χ0v) is 24.4. The number of carboxylic acid groups (broad SMARTS) is 1. The second-order valence-electron chi connectivity index (χ2n) is 11.3. The molecule has 7 rings (SSSR count). The van der Waals surface area contributed by atoms with Crippen molar-refractivity contribution in [2.45, 2.75) is 50.5 Å². The lowest BCUT2D eigenvalue weighted by Crippen LogP contribution is -2.62. The van der Waals surface area contributed by atoms with Crippen molar-refractivity contribution in [3.8, 4) is 17.0 Å². The summed E-state index contributed by atoms with van der Waals surface area (Å²) in [7, 11) is 1.52. The summed E-state index contributed by atoms with van der Waals surface area (Å²) in [5, 5.41) is 14.3. The number of rotatable bonds is 6. The lowest BCUT2D eigenvalue weighted by atomic mass is 9.51. The maximum absolute atomic E-state index is 14.6. The van der Waals surface area contributed by atoms with Crippen LogP contribution in [0.3, 0.4) is 0 Å². The molecule has 4 aromatic rings. The van der Waals surface area contributed by atoms with Crippen molar-refractivity contribution in [2.24, 2.45) is 5.41 Å². The van der Waals surface area contributed by atoms with Crippen molar-refractivity contribution in [3.05, 3.63) is 93.7 Å². The van der Waals surface area contributed by atoms with Gasteiger partial charge in [-0.2, -0.15) is 0 Å². The molecule has 0 unspecified atom stereocenters. The number of nitrogens with zero attached hydrogens (tertiary/aromatic N) is 1. The summed E-state index contributed by atoms with van der Waals surface area (Å²) in [5.74, 6) is -1.48. The zero-order chi connectivity index (χ0) is 28.9. The van der Waals surface area contributed by atoms with Gasteiger partial charge in [0.25, 0.3) is 5.91 Å². The van der Waals surface area contributed by atoms with E-state index >= 15 is 0 Å². The highest BCUT2D eigenvalue weighted by Crippen LogP contribution is 2.60. The number of amides is 1. The van der Waals surface area contributed by atoms with Gasteiger partial charge in [0, 0.05) is 32.4 Å². The van der Waals surface area contributed by atoms with Crippen LogP contribution in [0.15, 0.2) is 71.2 Å². The highest BCUT2D eigenvalue weighted by Gasteiger charge is 2.59. The van der Waals surface area contributed by atoms with E-state index in [1.165, 1.54) is 19.2 Å². The van der Waals surface area contributed by atoms with Gasteiger partial charge in [0.2, 0.25) is 0 Å². The molecule has 1 heterocycles. The third-order valence-electron chi connectivity index (χ3n) is 9.21. The number of hydrogen-bond donors (Lipinski definition) is 2. The van der Waals surface area contributed by atoms with Crippen molar-refractivity contribution in [2.75, 3.05) is 7.11 Å². The molecule has 2 N–H and O–H groups in total. The van der Waals surface area contributed by atoms with Gasteiger partial charge in [-0.05, 0) is 81.0 Å². The highest BCUT2D eigenvalue weighted by atomic mass is 79.9. The lowest BCUT2D eigenvalue weighted by Gasteiger charge is -2.56. The quantitative estimate of drug-likeness (QED) is 0.235. The second kappa shape index (κ2) is 10.2. The van der Waals surface area contributed by atoms with Crippen molar-refractivity contribution in [1.29, 1.82) is 0 Å². The average molecular weight is 618 g/mol. The molecule has 41 heavy (non-hydrogen) atoms. The molecule has 3 fully saturated rings. The predicted octanol–water partition coefficient (Wildman–Crippen LogP) is 7.42. The number of methoxy groups -OCH3 is 1. The van der Waals surface area contributed by atoms with Gasteiger partial charge < -0.3 is 15.2 Å². The molecule has 0 saturated heterocycles. The van der Waals surface area contributed by atoms with E-state index in [4.69, 9.17) is 9.72 Å². The van der Waals surface area contributed by atoms with Crippen molar-refractivity contribution in [3.63, 3.8) is 0 Å². The largest absolute Gasteiger partial charge is 0.496 e. The molecule has 3 aliphatic rings. The Morgan fingerprint density at radius 3 is 2.46 bits per heavy atom. The number of nitrogens with one attached hydrogen (secondary N) is 1. The van der Waals surface area contributed by atoms with Gasteiger partial charge in [-0.1, -0.05) is 46.3 Å². The average Bonchev–Trinajstić information content (AvgIpc) is 2.97. The van der Waals surface area contributed by atoms with Gasteiger partial charge in [0.1, 0.15) is 11.6 Å². The summed E-state index contributed by atoms with van der Waals surface area (Å²) in [6, 6.07) is 19.8. The number of fused-ring (bicyclic) bond motifs is 4. The molecule has 3 saturated carbocycles.